The minimum Gasteiger partial charge on any atom is -0.477 e. The van der Waals surface area contributed by atoms with Gasteiger partial charge >= 0.3 is 5.97 Å². The largest absolute Gasteiger partial charge is 0.477 e. The van der Waals surface area contributed by atoms with Crippen molar-refractivity contribution in [2.75, 3.05) is 11.9 Å². The fourth-order valence-corrected chi connectivity index (χ4v) is 2.43. The molecule has 5 nitrogen and oxygen atoms in total. The Balaban J connectivity index is 2.03. The Kier molecular flexibility index (Phi) is 3.75. The zero-order chi connectivity index (χ0) is 14.0. The molecule has 104 valence electrons. The smallest absolute Gasteiger partial charge is 0.354 e. The van der Waals surface area contributed by atoms with E-state index in [2.05, 4.69) is 24.1 Å². The number of carboxylic acids is 1. The summed E-state index contributed by atoms with van der Waals surface area (Å²) in [5.41, 5.74) is 0.0835. The highest BCUT2D eigenvalue weighted by molar-refractivity contribution is 5.85. The summed E-state index contributed by atoms with van der Waals surface area (Å²) in [5, 5.41) is 12.2. The number of nitrogens with one attached hydrogen (secondary N) is 1. The molecule has 2 N–H and O–H groups in total. The van der Waals surface area contributed by atoms with E-state index >= 15 is 0 Å². The molecule has 0 radical (unpaired) electrons. The van der Waals surface area contributed by atoms with Crippen molar-refractivity contribution in [3.8, 4) is 0 Å². The highest BCUT2D eigenvalue weighted by Crippen LogP contribution is 2.44. The van der Waals surface area contributed by atoms with Gasteiger partial charge in [-0.1, -0.05) is 19.9 Å². The van der Waals surface area contributed by atoms with Crippen LogP contribution in [0.3, 0.4) is 0 Å². The number of carboxylic acid groups (broad SMARTS) is 1. The summed E-state index contributed by atoms with van der Waals surface area (Å²) in [7, 11) is 0. The first-order valence-corrected chi connectivity index (χ1v) is 6.53. The van der Waals surface area contributed by atoms with Crippen molar-refractivity contribution in [1.82, 2.24) is 4.98 Å². The van der Waals surface area contributed by atoms with Crippen molar-refractivity contribution in [1.29, 1.82) is 0 Å². The second-order valence-electron chi connectivity index (χ2n) is 5.41. The van der Waals surface area contributed by atoms with Crippen LogP contribution in [-0.2, 0) is 4.74 Å². The zero-order valence-electron chi connectivity index (χ0n) is 11.5. The molecule has 1 aliphatic rings. The number of nitrogens with zero attached hydrogens (tertiary/aromatic N) is 1. The molecule has 0 aliphatic heterocycles. The third-order valence-electron chi connectivity index (χ3n) is 3.84. The summed E-state index contributed by atoms with van der Waals surface area (Å²) in [5.74, 6) is -0.406. The zero-order valence-corrected chi connectivity index (χ0v) is 11.5. The highest BCUT2D eigenvalue weighted by atomic mass is 16.5. The van der Waals surface area contributed by atoms with Crippen molar-refractivity contribution in [3.05, 3.63) is 23.9 Å². The van der Waals surface area contributed by atoms with Gasteiger partial charge in [-0.25, -0.2) is 9.78 Å². The average molecular weight is 264 g/mol. The molecule has 1 saturated carbocycles. The van der Waals surface area contributed by atoms with Crippen molar-refractivity contribution in [3.63, 3.8) is 0 Å². The summed E-state index contributed by atoms with van der Waals surface area (Å²) in [6, 6.07) is 5.23. The fraction of sp³-hybridized carbons (Fsp3) is 0.571. The van der Waals surface area contributed by atoms with Gasteiger partial charge in [0, 0.05) is 18.1 Å². The Morgan fingerprint density at radius 1 is 1.58 bits per heavy atom. The van der Waals surface area contributed by atoms with Crippen LogP contribution in [0.25, 0.3) is 0 Å². The van der Waals surface area contributed by atoms with Crippen LogP contribution in [-0.4, -0.2) is 34.8 Å². The summed E-state index contributed by atoms with van der Waals surface area (Å²) >= 11 is 0. The number of rotatable bonds is 5. The van der Waals surface area contributed by atoms with E-state index in [0.29, 0.717) is 12.4 Å². The second kappa shape index (κ2) is 5.17. The van der Waals surface area contributed by atoms with Crippen molar-refractivity contribution in [2.24, 2.45) is 5.41 Å². The second-order valence-corrected chi connectivity index (χ2v) is 5.41. The van der Waals surface area contributed by atoms with Gasteiger partial charge in [-0.05, 0) is 25.5 Å². The van der Waals surface area contributed by atoms with Gasteiger partial charge in [-0.3, -0.25) is 0 Å². The van der Waals surface area contributed by atoms with Crippen molar-refractivity contribution in [2.45, 2.75) is 39.3 Å². The molecule has 19 heavy (non-hydrogen) atoms. The van der Waals surface area contributed by atoms with Gasteiger partial charge in [-0.15, -0.1) is 0 Å². The van der Waals surface area contributed by atoms with Crippen LogP contribution in [0.4, 0.5) is 5.82 Å². The summed E-state index contributed by atoms with van der Waals surface area (Å²) < 4.78 is 5.67. The maximum atomic E-state index is 10.9. The molecule has 0 saturated heterocycles. The van der Waals surface area contributed by atoms with Crippen LogP contribution in [0.5, 0.6) is 0 Å². The van der Waals surface area contributed by atoms with E-state index in [9.17, 15) is 4.79 Å². The summed E-state index contributed by atoms with van der Waals surface area (Å²) in [6.07, 6.45) is 1.16. The first-order chi connectivity index (χ1) is 8.95. The van der Waals surface area contributed by atoms with E-state index in [1.54, 1.807) is 12.1 Å². The average Bonchev–Trinajstić information content (AvgIpc) is 2.38. The lowest BCUT2D eigenvalue weighted by molar-refractivity contribution is -0.0976. The van der Waals surface area contributed by atoms with E-state index in [1.165, 1.54) is 6.07 Å². The van der Waals surface area contributed by atoms with Gasteiger partial charge in [0.15, 0.2) is 5.69 Å². The lowest BCUT2D eigenvalue weighted by atomic mass is 9.64. The Labute approximate surface area is 113 Å². The predicted octanol–water partition coefficient (Wildman–Crippen LogP) is 2.40. The molecule has 1 fully saturated rings. The van der Waals surface area contributed by atoms with Crippen LogP contribution in [0.2, 0.25) is 0 Å². The molecule has 5 heteroatoms. The Morgan fingerprint density at radius 2 is 2.32 bits per heavy atom. The van der Waals surface area contributed by atoms with E-state index in [4.69, 9.17) is 9.84 Å². The molecular weight excluding hydrogens is 244 g/mol. The SMILES string of the molecule is CCOC1CC(Nc2cccc(C(=O)O)n2)C1(C)C. The van der Waals surface area contributed by atoms with Crippen LogP contribution in [0, 0.1) is 5.41 Å². The van der Waals surface area contributed by atoms with Gasteiger partial charge in [0.1, 0.15) is 5.82 Å². The van der Waals surface area contributed by atoms with Crippen molar-refractivity contribution >= 4 is 11.8 Å². The number of anilines is 1. The first kappa shape index (κ1) is 13.8. The van der Waals surface area contributed by atoms with E-state index in [0.717, 1.165) is 6.42 Å². The third kappa shape index (κ3) is 2.71. The maximum absolute atomic E-state index is 10.9. The van der Waals surface area contributed by atoms with Gasteiger partial charge < -0.3 is 15.2 Å². The Hall–Kier alpha value is -1.62. The highest BCUT2D eigenvalue weighted by Gasteiger charge is 2.49. The molecule has 2 atom stereocenters. The van der Waals surface area contributed by atoms with Crippen LogP contribution in [0.1, 0.15) is 37.7 Å². The number of pyridine rings is 1. The van der Waals surface area contributed by atoms with Gasteiger partial charge in [-0.2, -0.15) is 0 Å². The lowest BCUT2D eigenvalue weighted by Gasteiger charge is -2.51. The van der Waals surface area contributed by atoms with Crippen LogP contribution < -0.4 is 5.32 Å². The Morgan fingerprint density at radius 3 is 2.89 bits per heavy atom. The lowest BCUT2D eigenvalue weighted by Crippen LogP contribution is -2.58. The maximum Gasteiger partial charge on any atom is 0.354 e. The normalized spacial score (nSPS) is 24.6. The van der Waals surface area contributed by atoms with Gasteiger partial charge in [0.25, 0.3) is 0 Å². The van der Waals surface area contributed by atoms with Gasteiger partial charge in [0.05, 0.1) is 6.10 Å². The predicted molar refractivity (Wildman–Crippen MR) is 72.4 cm³/mol. The number of aromatic carboxylic acids is 1. The summed E-state index contributed by atoms with van der Waals surface area (Å²) in [6.45, 7) is 7.01. The van der Waals surface area contributed by atoms with Crippen LogP contribution in [0.15, 0.2) is 18.2 Å². The summed E-state index contributed by atoms with van der Waals surface area (Å²) in [4.78, 5) is 15.0. The molecule has 0 spiro atoms. The minimum atomic E-state index is -1.01. The molecular formula is C14H20N2O3. The number of carbonyl (C=O) groups is 1. The van der Waals surface area contributed by atoms with Crippen molar-refractivity contribution < 1.29 is 14.6 Å². The van der Waals surface area contributed by atoms with Crippen LogP contribution >= 0.6 is 0 Å². The minimum absolute atomic E-state index is 0.0247. The molecule has 1 aromatic rings. The molecule has 0 aromatic carbocycles. The Bertz CT molecular complexity index is 474. The topological polar surface area (TPSA) is 71.5 Å². The molecule has 0 bridgehead atoms. The van der Waals surface area contributed by atoms with E-state index in [-0.39, 0.29) is 23.3 Å². The fourth-order valence-electron chi connectivity index (χ4n) is 2.43. The number of hydrogen-bond donors (Lipinski definition) is 2. The number of hydrogen-bond acceptors (Lipinski definition) is 4. The molecule has 0 amide bonds. The monoisotopic (exact) mass is 264 g/mol. The molecule has 1 aliphatic carbocycles. The standard InChI is InChI=1S/C14H20N2O3/c1-4-19-11-8-10(14(11,2)3)16-12-7-5-6-9(15-12)13(17)18/h5-7,10-11H,4,8H2,1-3H3,(H,15,16)(H,17,18). The molecule has 1 aromatic heterocycles. The first-order valence-electron chi connectivity index (χ1n) is 6.53. The third-order valence-corrected chi connectivity index (χ3v) is 3.84. The quantitative estimate of drug-likeness (QED) is 0.854. The van der Waals surface area contributed by atoms with Gasteiger partial charge in [0.2, 0.25) is 0 Å². The number of aromatic nitrogens is 1. The van der Waals surface area contributed by atoms with E-state index in [1.807, 2.05) is 6.92 Å². The molecule has 1 heterocycles. The molecule has 2 rings (SSSR count). The van der Waals surface area contributed by atoms with E-state index < -0.39 is 5.97 Å². The number of ether oxygens (including phenoxy) is 1. The molecule has 2 unspecified atom stereocenters.